The number of H-pyrrole nitrogens is 1. The monoisotopic (exact) mass is 394 g/mol. The molecular weight excluding hydrogens is 368 g/mol. The molecule has 2 bridgehead atoms. The fourth-order valence-corrected chi connectivity index (χ4v) is 5.22. The molecule has 3 aliphatic rings. The molecule has 152 valence electrons. The van der Waals surface area contributed by atoms with E-state index in [0.29, 0.717) is 24.2 Å². The van der Waals surface area contributed by atoms with Crippen molar-refractivity contribution < 1.29 is 9.47 Å². The van der Waals surface area contributed by atoms with E-state index in [2.05, 4.69) is 33.2 Å². The van der Waals surface area contributed by atoms with E-state index in [4.69, 9.17) is 14.5 Å². The van der Waals surface area contributed by atoms with Gasteiger partial charge in [0.05, 0.1) is 43.9 Å². The molecule has 1 N–H and O–H groups in total. The molecule has 0 radical (unpaired) electrons. The van der Waals surface area contributed by atoms with E-state index in [1.165, 1.54) is 18.4 Å². The van der Waals surface area contributed by atoms with Crippen molar-refractivity contribution in [3.05, 3.63) is 30.1 Å². The molecule has 0 aromatic carbocycles. The summed E-state index contributed by atoms with van der Waals surface area (Å²) in [6, 6.07) is 4.53. The fraction of sp³-hybridized carbons (Fsp3) is 0.571. The van der Waals surface area contributed by atoms with Crippen molar-refractivity contribution in [3.8, 4) is 5.82 Å². The lowest BCUT2D eigenvalue weighted by molar-refractivity contribution is -0.00359. The topological polar surface area (TPSA) is 81.1 Å². The average Bonchev–Trinajstić information content (AvgIpc) is 3.47. The van der Waals surface area contributed by atoms with Gasteiger partial charge in [0.25, 0.3) is 0 Å². The number of anilines is 1. The number of rotatable bonds is 3. The van der Waals surface area contributed by atoms with Gasteiger partial charge in [-0.15, -0.1) is 0 Å². The summed E-state index contributed by atoms with van der Waals surface area (Å²) in [6.07, 6.45) is 9.06. The van der Waals surface area contributed by atoms with Crippen LogP contribution >= 0.6 is 0 Å². The van der Waals surface area contributed by atoms with Crippen molar-refractivity contribution in [2.24, 2.45) is 0 Å². The number of hydrogen-bond donors (Lipinski definition) is 1. The molecule has 6 rings (SSSR count). The molecule has 3 saturated heterocycles. The number of fused-ring (bicyclic) bond motifs is 3. The van der Waals surface area contributed by atoms with Crippen molar-refractivity contribution in [2.75, 3.05) is 24.7 Å². The Morgan fingerprint density at radius 1 is 1.21 bits per heavy atom. The molecule has 8 heteroatoms. The summed E-state index contributed by atoms with van der Waals surface area (Å²) in [5, 5.41) is 12.9. The van der Waals surface area contributed by atoms with Crippen molar-refractivity contribution in [1.82, 2.24) is 25.0 Å². The second-order valence-electron chi connectivity index (χ2n) is 8.55. The highest BCUT2D eigenvalue weighted by Crippen LogP contribution is 2.43. The van der Waals surface area contributed by atoms with E-state index in [0.717, 1.165) is 55.3 Å². The quantitative estimate of drug-likeness (QED) is 0.736. The number of aromatic nitrogens is 5. The van der Waals surface area contributed by atoms with E-state index in [1.807, 2.05) is 16.9 Å². The van der Waals surface area contributed by atoms with Crippen LogP contribution in [-0.2, 0) is 9.47 Å². The summed E-state index contributed by atoms with van der Waals surface area (Å²) in [6.45, 7) is 4.53. The lowest BCUT2D eigenvalue weighted by Gasteiger charge is -2.35. The van der Waals surface area contributed by atoms with Gasteiger partial charge in [0.1, 0.15) is 5.82 Å². The number of morpholine rings is 1. The minimum atomic E-state index is 0.302. The van der Waals surface area contributed by atoms with Gasteiger partial charge in [0.15, 0.2) is 11.5 Å². The molecule has 0 amide bonds. The zero-order valence-corrected chi connectivity index (χ0v) is 16.6. The van der Waals surface area contributed by atoms with Gasteiger partial charge in [0, 0.05) is 18.0 Å². The average molecular weight is 394 g/mol. The first-order chi connectivity index (χ1) is 14.3. The van der Waals surface area contributed by atoms with E-state index < -0.39 is 0 Å². The van der Waals surface area contributed by atoms with E-state index >= 15 is 0 Å². The molecule has 8 nitrogen and oxygen atoms in total. The summed E-state index contributed by atoms with van der Waals surface area (Å²) in [4.78, 5) is 7.43. The van der Waals surface area contributed by atoms with Crippen LogP contribution in [0.2, 0.25) is 0 Å². The van der Waals surface area contributed by atoms with Crippen LogP contribution in [0.3, 0.4) is 0 Å². The first-order valence-electron chi connectivity index (χ1n) is 10.6. The molecule has 0 spiro atoms. The molecule has 3 aromatic heterocycles. The largest absolute Gasteiger partial charge is 0.377 e. The van der Waals surface area contributed by atoms with Crippen LogP contribution in [-0.4, -0.2) is 63.0 Å². The standard InChI is InChI=1S/C21H26N6O2/c1-13-12-28-7-6-26(13)20-10-17(14-8-15-2-3-16(9-14)29-15)18-11-23-27(21(18)24-20)19-4-5-22-25-19/h4-5,10-11,13-16H,2-3,6-9,12H2,1H3,(H,22,25). The lowest BCUT2D eigenvalue weighted by Crippen LogP contribution is -2.44. The van der Waals surface area contributed by atoms with E-state index in [9.17, 15) is 0 Å². The van der Waals surface area contributed by atoms with E-state index in [1.54, 1.807) is 6.20 Å². The fourth-order valence-electron chi connectivity index (χ4n) is 5.22. The molecule has 3 atom stereocenters. The van der Waals surface area contributed by atoms with E-state index in [-0.39, 0.29) is 0 Å². The van der Waals surface area contributed by atoms with Gasteiger partial charge in [-0.2, -0.15) is 14.9 Å². The van der Waals surface area contributed by atoms with Crippen molar-refractivity contribution in [1.29, 1.82) is 0 Å². The first kappa shape index (κ1) is 17.4. The van der Waals surface area contributed by atoms with Crippen molar-refractivity contribution in [3.63, 3.8) is 0 Å². The van der Waals surface area contributed by atoms with Gasteiger partial charge in [0.2, 0.25) is 0 Å². The zero-order valence-electron chi connectivity index (χ0n) is 16.6. The Morgan fingerprint density at radius 2 is 2.07 bits per heavy atom. The molecule has 6 heterocycles. The lowest BCUT2D eigenvalue weighted by atomic mass is 9.87. The van der Waals surface area contributed by atoms with Crippen LogP contribution < -0.4 is 4.90 Å². The third-order valence-electron chi connectivity index (χ3n) is 6.67. The molecule has 3 fully saturated rings. The molecule has 3 aromatic rings. The number of ether oxygens (including phenoxy) is 2. The number of hydrogen-bond acceptors (Lipinski definition) is 6. The van der Waals surface area contributed by atoms with Gasteiger partial charge >= 0.3 is 0 Å². The Labute approximate surface area is 169 Å². The van der Waals surface area contributed by atoms with Gasteiger partial charge in [-0.3, -0.25) is 5.10 Å². The molecule has 0 saturated carbocycles. The summed E-state index contributed by atoms with van der Waals surface area (Å²) in [5.41, 5.74) is 2.24. The summed E-state index contributed by atoms with van der Waals surface area (Å²) < 4.78 is 13.6. The second-order valence-corrected chi connectivity index (χ2v) is 8.55. The number of aromatic amines is 1. The Balaban J connectivity index is 1.50. The minimum absolute atomic E-state index is 0.302. The van der Waals surface area contributed by atoms with Crippen molar-refractivity contribution in [2.45, 2.75) is 56.8 Å². The number of nitrogens with one attached hydrogen (secondary N) is 1. The summed E-state index contributed by atoms with van der Waals surface area (Å²) >= 11 is 0. The van der Waals surface area contributed by atoms with Crippen LogP contribution in [0, 0.1) is 0 Å². The van der Waals surface area contributed by atoms with Crippen LogP contribution in [0.15, 0.2) is 24.5 Å². The third kappa shape index (κ3) is 2.93. The molecule has 3 aliphatic heterocycles. The zero-order chi connectivity index (χ0) is 19.4. The Bertz CT molecular complexity index is 1000. The number of nitrogens with zero attached hydrogens (tertiary/aromatic N) is 5. The molecule has 3 unspecified atom stereocenters. The minimum Gasteiger partial charge on any atom is -0.377 e. The summed E-state index contributed by atoms with van der Waals surface area (Å²) in [7, 11) is 0. The highest BCUT2D eigenvalue weighted by Gasteiger charge is 2.37. The molecular formula is C21H26N6O2. The van der Waals surface area contributed by atoms with Crippen molar-refractivity contribution >= 4 is 16.9 Å². The maximum atomic E-state index is 6.11. The van der Waals surface area contributed by atoms with Crippen LogP contribution in [0.4, 0.5) is 5.82 Å². The highest BCUT2D eigenvalue weighted by atomic mass is 16.5. The predicted octanol–water partition coefficient (Wildman–Crippen LogP) is 2.79. The number of pyridine rings is 1. The highest BCUT2D eigenvalue weighted by molar-refractivity contribution is 5.83. The summed E-state index contributed by atoms with van der Waals surface area (Å²) in [5.74, 6) is 2.34. The third-order valence-corrected chi connectivity index (χ3v) is 6.67. The molecule has 0 aliphatic carbocycles. The predicted molar refractivity (Wildman–Crippen MR) is 109 cm³/mol. The van der Waals surface area contributed by atoms with Crippen LogP contribution in [0.25, 0.3) is 16.9 Å². The maximum Gasteiger partial charge on any atom is 0.167 e. The molecule has 29 heavy (non-hydrogen) atoms. The van der Waals surface area contributed by atoms with Gasteiger partial charge in [-0.25, -0.2) is 4.98 Å². The maximum absolute atomic E-state index is 6.11. The Morgan fingerprint density at radius 3 is 2.83 bits per heavy atom. The van der Waals surface area contributed by atoms with Gasteiger partial charge in [-0.05, 0) is 50.2 Å². The smallest absolute Gasteiger partial charge is 0.167 e. The van der Waals surface area contributed by atoms with Crippen LogP contribution in [0.5, 0.6) is 0 Å². The van der Waals surface area contributed by atoms with Crippen LogP contribution in [0.1, 0.15) is 44.1 Å². The SMILES string of the molecule is CC1COCCN1c1cc(C2CC3CCC(C2)O3)c2cnn(-c3ccn[nH]3)c2n1. The first-order valence-corrected chi connectivity index (χ1v) is 10.6. The normalized spacial score (nSPS) is 29.6. The van der Waals surface area contributed by atoms with Gasteiger partial charge in [-0.1, -0.05) is 0 Å². The second kappa shape index (κ2) is 6.81. The Hall–Kier alpha value is -2.45. The Kier molecular flexibility index (Phi) is 4.09. The van der Waals surface area contributed by atoms with Gasteiger partial charge < -0.3 is 14.4 Å².